The first-order valence-corrected chi connectivity index (χ1v) is 5.66. The zero-order valence-corrected chi connectivity index (χ0v) is 9.03. The van der Waals surface area contributed by atoms with Gasteiger partial charge in [-0.05, 0) is 25.3 Å². The highest BCUT2D eigenvalue weighted by atomic mass is 16.6. The summed E-state index contributed by atoms with van der Waals surface area (Å²) in [6, 6.07) is 8.29. The molecule has 1 fully saturated rings. The van der Waals surface area contributed by atoms with Crippen molar-refractivity contribution in [3.8, 4) is 17.6 Å². The Bertz CT molecular complexity index is 457. The lowest BCUT2D eigenvalue weighted by Crippen LogP contribution is -2.33. The first-order chi connectivity index (χ1) is 7.86. The highest BCUT2D eigenvalue weighted by Crippen LogP contribution is 2.49. The molecular formula is C13H13NO2. The number of fused-ring (bicyclic) bond motifs is 1. The zero-order chi connectivity index (χ0) is 11.0. The SMILES string of the molecule is N#CC1(c2cccc3c2OCCO3)CCC1. The van der Waals surface area contributed by atoms with Crippen molar-refractivity contribution in [2.24, 2.45) is 0 Å². The van der Waals surface area contributed by atoms with Crippen molar-refractivity contribution in [1.82, 2.24) is 0 Å². The second-order valence-electron chi connectivity index (χ2n) is 4.38. The van der Waals surface area contributed by atoms with Crippen molar-refractivity contribution in [3.05, 3.63) is 23.8 Å². The van der Waals surface area contributed by atoms with E-state index in [0.29, 0.717) is 13.2 Å². The molecule has 0 aromatic heterocycles. The summed E-state index contributed by atoms with van der Waals surface area (Å²) >= 11 is 0. The van der Waals surface area contributed by atoms with Crippen LogP contribution in [0.4, 0.5) is 0 Å². The van der Waals surface area contributed by atoms with E-state index in [-0.39, 0.29) is 5.41 Å². The molecule has 1 aliphatic carbocycles. The molecule has 1 saturated carbocycles. The number of para-hydroxylation sites is 1. The van der Waals surface area contributed by atoms with Crippen molar-refractivity contribution in [3.63, 3.8) is 0 Å². The summed E-state index contributed by atoms with van der Waals surface area (Å²) in [7, 11) is 0. The van der Waals surface area contributed by atoms with Crippen LogP contribution in [0.5, 0.6) is 11.5 Å². The summed E-state index contributed by atoms with van der Waals surface area (Å²) in [5.74, 6) is 1.57. The summed E-state index contributed by atoms with van der Waals surface area (Å²) in [4.78, 5) is 0. The third-order valence-electron chi connectivity index (χ3n) is 3.50. The van der Waals surface area contributed by atoms with Crippen LogP contribution in [-0.2, 0) is 5.41 Å². The minimum absolute atomic E-state index is 0.327. The molecular weight excluding hydrogens is 202 g/mol. The zero-order valence-electron chi connectivity index (χ0n) is 9.03. The van der Waals surface area contributed by atoms with Gasteiger partial charge in [0, 0.05) is 5.56 Å². The number of nitriles is 1. The first-order valence-electron chi connectivity index (χ1n) is 5.66. The van der Waals surface area contributed by atoms with Gasteiger partial charge in [-0.3, -0.25) is 0 Å². The van der Waals surface area contributed by atoms with Gasteiger partial charge in [0.2, 0.25) is 0 Å². The van der Waals surface area contributed by atoms with Crippen LogP contribution in [0.2, 0.25) is 0 Å². The van der Waals surface area contributed by atoms with E-state index < -0.39 is 0 Å². The van der Waals surface area contributed by atoms with Gasteiger partial charge in [0.15, 0.2) is 11.5 Å². The average Bonchev–Trinajstić information content (AvgIpc) is 2.29. The maximum atomic E-state index is 9.35. The van der Waals surface area contributed by atoms with Crippen molar-refractivity contribution >= 4 is 0 Å². The Kier molecular flexibility index (Phi) is 2.03. The molecule has 3 rings (SSSR count). The summed E-state index contributed by atoms with van der Waals surface area (Å²) in [6.45, 7) is 1.17. The minimum atomic E-state index is -0.327. The van der Waals surface area contributed by atoms with E-state index in [9.17, 15) is 5.26 Å². The van der Waals surface area contributed by atoms with Gasteiger partial charge in [-0.15, -0.1) is 0 Å². The number of ether oxygens (including phenoxy) is 2. The lowest BCUT2D eigenvalue weighted by atomic mass is 9.65. The Balaban J connectivity index is 2.11. The van der Waals surface area contributed by atoms with Crippen LogP contribution in [-0.4, -0.2) is 13.2 Å². The number of benzene rings is 1. The van der Waals surface area contributed by atoms with Crippen molar-refractivity contribution < 1.29 is 9.47 Å². The lowest BCUT2D eigenvalue weighted by Gasteiger charge is -2.37. The summed E-state index contributed by atoms with van der Waals surface area (Å²) < 4.78 is 11.2. The molecule has 0 bridgehead atoms. The smallest absolute Gasteiger partial charge is 0.166 e. The number of hydrogen-bond donors (Lipinski definition) is 0. The molecule has 0 atom stereocenters. The van der Waals surface area contributed by atoms with E-state index in [1.165, 1.54) is 0 Å². The van der Waals surface area contributed by atoms with Gasteiger partial charge < -0.3 is 9.47 Å². The van der Waals surface area contributed by atoms with Gasteiger partial charge >= 0.3 is 0 Å². The van der Waals surface area contributed by atoms with E-state index in [2.05, 4.69) is 6.07 Å². The number of hydrogen-bond acceptors (Lipinski definition) is 3. The largest absolute Gasteiger partial charge is 0.486 e. The van der Waals surface area contributed by atoms with Crippen molar-refractivity contribution in [2.45, 2.75) is 24.7 Å². The molecule has 1 aromatic rings. The second kappa shape index (κ2) is 3.41. The van der Waals surface area contributed by atoms with Crippen LogP contribution in [0.1, 0.15) is 24.8 Å². The minimum Gasteiger partial charge on any atom is -0.486 e. The lowest BCUT2D eigenvalue weighted by molar-refractivity contribution is 0.164. The highest BCUT2D eigenvalue weighted by Gasteiger charge is 2.42. The Hall–Kier alpha value is -1.69. The molecule has 0 radical (unpaired) electrons. The van der Waals surface area contributed by atoms with Gasteiger partial charge in [-0.1, -0.05) is 12.1 Å². The Morgan fingerprint density at radius 1 is 1.19 bits per heavy atom. The average molecular weight is 215 g/mol. The van der Waals surface area contributed by atoms with Gasteiger partial charge in [-0.2, -0.15) is 5.26 Å². The van der Waals surface area contributed by atoms with E-state index in [4.69, 9.17) is 9.47 Å². The second-order valence-corrected chi connectivity index (χ2v) is 4.38. The maximum absolute atomic E-state index is 9.35. The van der Waals surface area contributed by atoms with Crippen LogP contribution in [0.25, 0.3) is 0 Å². The fourth-order valence-electron chi connectivity index (χ4n) is 2.42. The summed E-state index contributed by atoms with van der Waals surface area (Å²) in [5.41, 5.74) is 0.685. The van der Waals surface area contributed by atoms with E-state index in [0.717, 1.165) is 36.3 Å². The molecule has 2 aliphatic rings. The third-order valence-corrected chi connectivity index (χ3v) is 3.50. The maximum Gasteiger partial charge on any atom is 0.166 e. The molecule has 1 aromatic carbocycles. The predicted molar refractivity (Wildman–Crippen MR) is 58.6 cm³/mol. The van der Waals surface area contributed by atoms with Crippen LogP contribution in [0.15, 0.2) is 18.2 Å². The molecule has 1 heterocycles. The molecule has 1 aliphatic heterocycles. The topological polar surface area (TPSA) is 42.2 Å². The number of rotatable bonds is 1. The molecule has 0 spiro atoms. The van der Waals surface area contributed by atoms with Gasteiger partial charge in [0.25, 0.3) is 0 Å². The van der Waals surface area contributed by atoms with Gasteiger partial charge in [0.05, 0.1) is 11.5 Å². The van der Waals surface area contributed by atoms with Crippen LogP contribution < -0.4 is 9.47 Å². The molecule has 16 heavy (non-hydrogen) atoms. The van der Waals surface area contributed by atoms with Crippen LogP contribution in [0.3, 0.4) is 0 Å². The molecule has 0 N–H and O–H groups in total. The Morgan fingerprint density at radius 2 is 2.00 bits per heavy atom. The Morgan fingerprint density at radius 3 is 2.69 bits per heavy atom. The first kappa shape index (κ1) is 9.53. The van der Waals surface area contributed by atoms with Crippen LogP contribution >= 0.6 is 0 Å². The quantitative estimate of drug-likeness (QED) is 0.722. The molecule has 0 unspecified atom stereocenters. The molecule has 82 valence electrons. The monoisotopic (exact) mass is 215 g/mol. The van der Waals surface area contributed by atoms with Crippen molar-refractivity contribution in [2.75, 3.05) is 13.2 Å². The predicted octanol–water partition coefficient (Wildman–Crippen LogP) is 2.40. The summed E-state index contributed by atoms with van der Waals surface area (Å²) in [6.07, 6.45) is 2.99. The normalized spacial score (nSPS) is 20.7. The highest BCUT2D eigenvalue weighted by molar-refractivity contribution is 5.54. The van der Waals surface area contributed by atoms with E-state index in [1.807, 2.05) is 18.2 Å². The van der Waals surface area contributed by atoms with E-state index in [1.54, 1.807) is 0 Å². The van der Waals surface area contributed by atoms with Crippen LogP contribution in [0, 0.1) is 11.3 Å². The standard InChI is InChI=1S/C13H13NO2/c14-9-13(5-2-6-13)10-3-1-4-11-12(10)16-8-7-15-11/h1,3-4H,2,5-8H2. The third kappa shape index (κ3) is 1.19. The van der Waals surface area contributed by atoms with Gasteiger partial charge in [0.1, 0.15) is 13.2 Å². The van der Waals surface area contributed by atoms with Crippen molar-refractivity contribution in [1.29, 1.82) is 5.26 Å². The molecule has 0 saturated heterocycles. The van der Waals surface area contributed by atoms with E-state index >= 15 is 0 Å². The van der Waals surface area contributed by atoms with Gasteiger partial charge in [-0.25, -0.2) is 0 Å². The Labute approximate surface area is 94.6 Å². The summed E-state index contributed by atoms with van der Waals surface area (Å²) in [5, 5.41) is 9.35. The number of nitrogens with zero attached hydrogens (tertiary/aromatic N) is 1. The molecule has 0 amide bonds. The fraction of sp³-hybridized carbons (Fsp3) is 0.462. The fourth-order valence-corrected chi connectivity index (χ4v) is 2.42. The molecule has 3 nitrogen and oxygen atoms in total. The molecule has 3 heteroatoms.